The number of nitrogens with one attached hydrogen (secondary N) is 2. The highest BCUT2D eigenvalue weighted by molar-refractivity contribution is 6.10. The van der Waals surface area contributed by atoms with Gasteiger partial charge in [-0.05, 0) is 61.7 Å². The summed E-state index contributed by atoms with van der Waals surface area (Å²) in [7, 11) is 0. The van der Waals surface area contributed by atoms with Gasteiger partial charge in [-0.2, -0.15) is 0 Å². The predicted octanol–water partition coefficient (Wildman–Crippen LogP) is 4.56. The highest BCUT2D eigenvalue weighted by atomic mass is 15.2. The average molecular weight is 406 g/mol. The summed E-state index contributed by atoms with van der Waals surface area (Å²) in [6, 6.07) is 16.8. The van der Waals surface area contributed by atoms with Crippen LogP contribution in [0.4, 0.5) is 11.4 Å². The van der Waals surface area contributed by atoms with E-state index in [4.69, 9.17) is 5.41 Å². The molecular weight excluding hydrogens is 370 g/mol. The molecule has 0 atom stereocenters. The van der Waals surface area contributed by atoms with E-state index >= 15 is 0 Å². The van der Waals surface area contributed by atoms with Crippen molar-refractivity contribution in [1.29, 1.82) is 5.41 Å². The Morgan fingerprint density at radius 3 is 2.07 bits per heavy atom. The lowest BCUT2D eigenvalue weighted by Crippen LogP contribution is -2.43. The van der Waals surface area contributed by atoms with E-state index in [9.17, 15) is 0 Å². The van der Waals surface area contributed by atoms with Gasteiger partial charge in [0.15, 0.2) is 5.84 Å². The van der Waals surface area contributed by atoms with Gasteiger partial charge < -0.3 is 15.1 Å². The molecule has 5 heteroatoms. The molecule has 0 aromatic heterocycles. The van der Waals surface area contributed by atoms with E-state index in [0.29, 0.717) is 5.84 Å². The summed E-state index contributed by atoms with van der Waals surface area (Å²) in [5.74, 6) is 0.307. The van der Waals surface area contributed by atoms with Gasteiger partial charge in [0.2, 0.25) is 0 Å². The zero-order valence-electron chi connectivity index (χ0n) is 18.6. The van der Waals surface area contributed by atoms with Crippen molar-refractivity contribution < 1.29 is 0 Å². The lowest BCUT2D eigenvalue weighted by atomic mass is 10.1. The smallest absolute Gasteiger partial charge is 0.152 e. The van der Waals surface area contributed by atoms with E-state index in [1.54, 1.807) is 0 Å². The Bertz CT molecular complexity index is 827. The fourth-order valence-corrected chi connectivity index (χ4v) is 3.87. The monoisotopic (exact) mass is 405 g/mol. The molecule has 0 aliphatic carbocycles. The molecule has 0 radical (unpaired) electrons. The third kappa shape index (κ3) is 5.70. The molecule has 0 spiro atoms. The standard InChI is InChI=1S/C25H35N5/c1-4-16-29(17-5-2)23-10-6-21(7-11-23)20(3)28-25(26)22-8-12-24(13-9-22)30-18-14-27-15-19-30/h6-13,26-27H,4-5,14-19H2,1-3H3. The van der Waals surface area contributed by atoms with Crippen molar-refractivity contribution in [2.24, 2.45) is 4.99 Å². The number of hydrogen-bond acceptors (Lipinski definition) is 4. The number of piperazine rings is 1. The van der Waals surface area contributed by atoms with Crippen molar-refractivity contribution in [3.63, 3.8) is 0 Å². The van der Waals surface area contributed by atoms with E-state index in [-0.39, 0.29) is 0 Å². The van der Waals surface area contributed by atoms with Crippen molar-refractivity contribution in [3.05, 3.63) is 59.7 Å². The third-order valence-corrected chi connectivity index (χ3v) is 5.54. The maximum atomic E-state index is 8.42. The topological polar surface area (TPSA) is 54.7 Å². The van der Waals surface area contributed by atoms with E-state index in [0.717, 1.165) is 68.9 Å². The first-order valence-corrected chi connectivity index (χ1v) is 11.2. The molecular formula is C25H35N5. The number of hydrogen-bond donors (Lipinski definition) is 2. The van der Waals surface area contributed by atoms with Crippen LogP contribution in [-0.2, 0) is 0 Å². The first kappa shape index (κ1) is 22.0. The van der Waals surface area contributed by atoms with Gasteiger partial charge in [0.05, 0.1) is 0 Å². The molecule has 5 nitrogen and oxygen atoms in total. The van der Waals surface area contributed by atoms with Crippen LogP contribution in [0.1, 0.15) is 44.7 Å². The Balaban J connectivity index is 1.67. The summed E-state index contributed by atoms with van der Waals surface area (Å²) in [5.41, 5.74) is 5.26. The Labute approximate surface area is 181 Å². The summed E-state index contributed by atoms with van der Waals surface area (Å²) in [6.07, 6.45) is 2.29. The average Bonchev–Trinajstić information content (AvgIpc) is 2.79. The van der Waals surface area contributed by atoms with Gasteiger partial charge >= 0.3 is 0 Å². The maximum Gasteiger partial charge on any atom is 0.152 e. The van der Waals surface area contributed by atoms with Crippen LogP contribution in [0, 0.1) is 5.41 Å². The second-order valence-corrected chi connectivity index (χ2v) is 7.86. The molecule has 2 N–H and O–H groups in total. The van der Waals surface area contributed by atoms with Crippen LogP contribution in [-0.4, -0.2) is 50.8 Å². The van der Waals surface area contributed by atoms with E-state index in [1.807, 2.05) is 19.1 Å². The van der Waals surface area contributed by atoms with Gasteiger partial charge in [-0.25, -0.2) is 4.99 Å². The van der Waals surface area contributed by atoms with Gasteiger partial charge in [0, 0.05) is 61.9 Å². The van der Waals surface area contributed by atoms with Gasteiger partial charge in [-0.15, -0.1) is 0 Å². The number of amidine groups is 1. The zero-order valence-corrected chi connectivity index (χ0v) is 18.6. The molecule has 0 bridgehead atoms. The number of benzene rings is 2. The molecule has 30 heavy (non-hydrogen) atoms. The molecule has 1 fully saturated rings. The Morgan fingerprint density at radius 2 is 1.50 bits per heavy atom. The molecule has 160 valence electrons. The van der Waals surface area contributed by atoms with Crippen LogP contribution in [0.5, 0.6) is 0 Å². The maximum absolute atomic E-state index is 8.42. The highest BCUT2D eigenvalue weighted by Crippen LogP contribution is 2.18. The predicted molar refractivity (Wildman–Crippen MR) is 130 cm³/mol. The molecule has 2 aromatic carbocycles. The largest absolute Gasteiger partial charge is 0.372 e. The minimum Gasteiger partial charge on any atom is -0.372 e. The zero-order chi connectivity index (χ0) is 21.3. The molecule has 0 unspecified atom stereocenters. The normalized spacial score (nSPS) is 14.6. The second kappa shape index (κ2) is 10.9. The first-order valence-electron chi connectivity index (χ1n) is 11.2. The number of aliphatic imine (C=N–C) groups is 1. The molecule has 1 saturated heterocycles. The number of anilines is 2. The molecule has 1 aliphatic heterocycles. The highest BCUT2D eigenvalue weighted by Gasteiger charge is 2.11. The van der Waals surface area contributed by atoms with Crippen LogP contribution >= 0.6 is 0 Å². The minimum atomic E-state index is 0.307. The van der Waals surface area contributed by atoms with Gasteiger partial charge in [-0.1, -0.05) is 26.0 Å². The summed E-state index contributed by atoms with van der Waals surface area (Å²) in [5, 5.41) is 11.8. The van der Waals surface area contributed by atoms with Gasteiger partial charge in [-0.3, -0.25) is 5.41 Å². The molecule has 1 aliphatic rings. The lowest BCUT2D eigenvalue weighted by molar-refractivity contribution is 0.589. The van der Waals surface area contributed by atoms with Gasteiger partial charge in [0.1, 0.15) is 0 Å². The van der Waals surface area contributed by atoms with E-state index in [2.05, 4.69) is 70.4 Å². The Hall–Kier alpha value is -2.66. The fraction of sp³-hybridized carbons (Fsp3) is 0.440. The summed E-state index contributed by atoms with van der Waals surface area (Å²) < 4.78 is 0. The van der Waals surface area contributed by atoms with Crippen molar-refractivity contribution in [2.75, 3.05) is 49.1 Å². The second-order valence-electron chi connectivity index (χ2n) is 7.86. The van der Waals surface area contributed by atoms with Crippen LogP contribution in [0.3, 0.4) is 0 Å². The lowest BCUT2D eigenvalue weighted by Gasteiger charge is -2.29. The van der Waals surface area contributed by atoms with Crippen LogP contribution < -0.4 is 15.1 Å². The quantitative estimate of drug-likeness (QED) is 0.500. The Kier molecular flexibility index (Phi) is 8.03. The molecule has 0 amide bonds. The van der Waals surface area contributed by atoms with E-state index < -0.39 is 0 Å². The molecule has 1 heterocycles. The third-order valence-electron chi connectivity index (χ3n) is 5.54. The molecule has 0 saturated carbocycles. The van der Waals surface area contributed by atoms with Gasteiger partial charge in [0.25, 0.3) is 0 Å². The Morgan fingerprint density at radius 1 is 0.933 bits per heavy atom. The van der Waals surface area contributed by atoms with Crippen LogP contribution in [0.15, 0.2) is 53.5 Å². The summed E-state index contributed by atoms with van der Waals surface area (Å²) >= 11 is 0. The van der Waals surface area contributed by atoms with Crippen molar-refractivity contribution in [3.8, 4) is 0 Å². The fourth-order valence-electron chi connectivity index (χ4n) is 3.87. The van der Waals surface area contributed by atoms with E-state index in [1.165, 1.54) is 11.4 Å². The van der Waals surface area contributed by atoms with Crippen molar-refractivity contribution >= 4 is 22.9 Å². The van der Waals surface area contributed by atoms with Crippen LogP contribution in [0.2, 0.25) is 0 Å². The minimum absolute atomic E-state index is 0.307. The number of nitrogens with zero attached hydrogens (tertiary/aromatic N) is 3. The number of rotatable bonds is 8. The first-order chi connectivity index (χ1) is 14.6. The van der Waals surface area contributed by atoms with Crippen molar-refractivity contribution in [2.45, 2.75) is 33.6 Å². The summed E-state index contributed by atoms with van der Waals surface area (Å²) in [4.78, 5) is 9.37. The SMILES string of the molecule is CCCN(CCC)c1ccc(C(C)=NC(=N)c2ccc(N3CCNCC3)cc2)cc1. The van der Waals surface area contributed by atoms with Crippen molar-refractivity contribution in [1.82, 2.24) is 5.32 Å². The molecule has 2 aromatic rings. The molecule has 3 rings (SSSR count). The summed E-state index contributed by atoms with van der Waals surface area (Å²) in [6.45, 7) is 12.7. The van der Waals surface area contributed by atoms with Crippen LogP contribution in [0.25, 0.3) is 0 Å².